The van der Waals surface area contributed by atoms with Crippen molar-refractivity contribution in [2.24, 2.45) is 0 Å². The third kappa shape index (κ3) is 2.30. The van der Waals surface area contributed by atoms with Crippen molar-refractivity contribution in [3.8, 4) is 5.75 Å². The molecule has 3 N–H and O–H groups in total. The van der Waals surface area contributed by atoms with E-state index in [2.05, 4.69) is 10.3 Å². The summed E-state index contributed by atoms with van der Waals surface area (Å²) in [6.45, 7) is 0. The number of fused-ring (bicyclic) bond motifs is 1. The Kier molecular flexibility index (Phi) is 2.93. The molecule has 6 heteroatoms. The van der Waals surface area contributed by atoms with Gasteiger partial charge in [-0.2, -0.15) is 0 Å². The third-order valence-electron chi connectivity index (χ3n) is 2.69. The molecule has 0 aliphatic carbocycles. The summed E-state index contributed by atoms with van der Waals surface area (Å²) in [5.74, 6) is -0.341. The smallest absolute Gasteiger partial charge is 0.272 e. The predicted octanol–water partition coefficient (Wildman–Crippen LogP) is 3.84. The number of carbonyl (C=O) groups excluding carboxylic acids is 1. The highest BCUT2D eigenvalue weighted by molar-refractivity contribution is 7.17. The molecule has 0 saturated carbocycles. The van der Waals surface area contributed by atoms with Crippen molar-refractivity contribution in [1.82, 2.24) is 4.98 Å². The van der Waals surface area contributed by atoms with Crippen LogP contribution in [0.15, 0.2) is 35.7 Å². The number of hydrogen-bond acceptors (Lipinski definition) is 3. The van der Waals surface area contributed by atoms with E-state index in [0.29, 0.717) is 10.7 Å². The first-order valence-corrected chi connectivity index (χ1v) is 6.75. The summed E-state index contributed by atoms with van der Waals surface area (Å²) < 4.78 is 1.01. The Morgan fingerprint density at radius 1 is 1.32 bits per heavy atom. The summed E-state index contributed by atoms with van der Waals surface area (Å²) in [7, 11) is 0. The fraction of sp³-hybridized carbons (Fsp3) is 0. The Labute approximate surface area is 117 Å². The molecule has 0 spiro atoms. The van der Waals surface area contributed by atoms with E-state index in [1.165, 1.54) is 12.1 Å². The normalized spacial score (nSPS) is 10.8. The van der Waals surface area contributed by atoms with Gasteiger partial charge in [0.05, 0.1) is 15.9 Å². The number of halogens is 1. The van der Waals surface area contributed by atoms with E-state index in [0.717, 1.165) is 10.2 Å². The van der Waals surface area contributed by atoms with Crippen LogP contribution in [0.3, 0.4) is 0 Å². The summed E-state index contributed by atoms with van der Waals surface area (Å²) in [6, 6.07) is 8.17. The average molecular weight is 293 g/mol. The van der Waals surface area contributed by atoms with Crippen LogP contribution in [0.2, 0.25) is 5.02 Å². The number of anilines is 1. The van der Waals surface area contributed by atoms with Crippen LogP contribution in [0.5, 0.6) is 5.75 Å². The summed E-state index contributed by atoms with van der Waals surface area (Å²) in [6.07, 6.45) is 0. The lowest BCUT2D eigenvalue weighted by atomic mass is 10.3. The van der Waals surface area contributed by atoms with Gasteiger partial charge in [-0.1, -0.05) is 11.6 Å². The molecule has 0 unspecified atom stereocenters. The van der Waals surface area contributed by atoms with Crippen molar-refractivity contribution >= 4 is 44.7 Å². The van der Waals surface area contributed by atoms with Gasteiger partial charge in [-0.25, -0.2) is 0 Å². The zero-order chi connectivity index (χ0) is 13.4. The number of aromatic hydroxyl groups is 1. The number of phenols is 1. The zero-order valence-electron chi connectivity index (χ0n) is 9.61. The molecule has 3 rings (SSSR count). The average Bonchev–Trinajstić information content (AvgIpc) is 2.94. The van der Waals surface area contributed by atoms with Crippen LogP contribution in [0, 0.1) is 0 Å². The van der Waals surface area contributed by atoms with Gasteiger partial charge in [0.2, 0.25) is 0 Å². The third-order valence-corrected chi connectivity index (χ3v) is 3.79. The predicted molar refractivity (Wildman–Crippen MR) is 77.2 cm³/mol. The molecule has 0 aliphatic rings. The lowest BCUT2D eigenvalue weighted by Crippen LogP contribution is -2.12. The van der Waals surface area contributed by atoms with Gasteiger partial charge in [-0.15, -0.1) is 11.3 Å². The van der Waals surface area contributed by atoms with Crippen LogP contribution in [0.4, 0.5) is 5.69 Å². The summed E-state index contributed by atoms with van der Waals surface area (Å²) >= 11 is 7.38. The van der Waals surface area contributed by atoms with Crippen molar-refractivity contribution in [2.75, 3.05) is 5.32 Å². The van der Waals surface area contributed by atoms with E-state index in [9.17, 15) is 9.90 Å². The molecule has 1 aromatic carbocycles. The molecular weight excluding hydrogens is 284 g/mol. The quantitative estimate of drug-likeness (QED) is 0.628. The van der Waals surface area contributed by atoms with Gasteiger partial charge < -0.3 is 15.4 Å². The van der Waals surface area contributed by atoms with E-state index in [-0.39, 0.29) is 17.3 Å². The van der Waals surface area contributed by atoms with E-state index in [1.807, 2.05) is 11.4 Å². The fourth-order valence-corrected chi connectivity index (χ4v) is 2.72. The van der Waals surface area contributed by atoms with Crippen LogP contribution < -0.4 is 5.32 Å². The molecule has 3 aromatic rings. The monoisotopic (exact) mass is 292 g/mol. The number of amides is 1. The number of rotatable bonds is 2. The minimum absolute atomic E-state index is 0.0221. The Hall–Kier alpha value is -1.98. The number of thiophene rings is 1. The molecule has 2 aromatic heterocycles. The maximum absolute atomic E-state index is 12.1. The van der Waals surface area contributed by atoms with Crippen LogP contribution in [0.1, 0.15) is 10.5 Å². The molecule has 19 heavy (non-hydrogen) atoms. The van der Waals surface area contributed by atoms with Gasteiger partial charge in [0.15, 0.2) is 0 Å². The highest BCUT2D eigenvalue weighted by Gasteiger charge is 2.12. The van der Waals surface area contributed by atoms with Crippen LogP contribution in [-0.2, 0) is 0 Å². The van der Waals surface area contributed by atoms with Crippen molar-refractivity contribution in [3.63, 3.8) is 0 Å². The Morgan fingerprint density at radius 2 is 2.16 bits per heavy atom. The number of H-pyrrole nitrogens is 1. The first-order valence-electron chi connectivity index (χ1n) is 5.49. The zero-order valence-corrected chi connectivity index (χ0v) is 11.2. The Bertz CT molecular complexity index is 734. The number of phenolic OH excluding ortho intramolecular Hbond substituents is 1. The first-order chi connectivity index (χ1) is 9.13. The summed E-state index contributed by atoms with van der Waals surface area (Å²) in [5.41, 5.74) is 1.65. The van der Waals surface area contributed by atoms with Crippen molar-refractivity contribution < 1.29 is 9.90 Å². The molecule has 0 aliphatic heterocycles. The van der Waals surface area contributed by atoms with E-state index < -0.39 is 0 Å². The second-order valence-corrected chi connectivity index (χ2v) is 5.38. The maximum atomic E-state index is 12.1. The number of aromatic nitrogens is 1. The van der Waals surface area contributed by atoms with E-state index >= 15 is 0 Å². The van der Waals surface area contributed by atoms with Crippen molar-refractivity contribution in [3.05, 3.63) is 46.4 Å². The molecule has 1 amide bonds. The topological polar surface area (TPSA) is 65.1 Å². The van der Waals surface area contributed by atoms with Crippen molar-refractivity contribution in [1.29, 1.82) is 0 Å². The van der Waals surface area contributed by atoms with E-state index in [1.54, 1.807) is 23.5 Å². The van der Waals surface area contributed by atoms with Gasteiger partial charge in [-0.3, -0.25) is 4.79 Å². The minimum atomic E-state index is -0.319. The number of benzene rings is 1. The van der Waals surface area contributed by atoms with Gasteiger partial charge in [0.1, 0.15) is 11.4 Å². The van der Waals surface area contributed by atoms with Gasteiger partial charge in [-0.05, 0) is 35.7 Å². The molecule has 0 radical (unpaired) electrons. The Balaban J connectivity index is 1.88. The molecular formula is C13H9ClN2O2S. The molecule has 0 atom stereocenters. The van der Waals surface area contributed by atoms with Crippen molar-refractivity contribution in [2.45, 2.75) is 0 Å². The van der Waals surface area contributed by atoms with E-state index in [4.69, 9.17) is 11.6 Å². The number of hydrogen-bond donors (Lipinski definition) is 3. The fourth-order valence-electron chi connectivity index (χ4n) is 1.77. The summed E-state index contributed by atoms with van der Waals surface area (Å²) in [4.78, 5) is 15.1. The van der Waals surface area contributed by atoms with Crippen LogP contribution in [0.25, 0.3) is 10.2 Å². The van der Waals surface area contributed by atoms with Crippen LogP contribution >= 0.6 is 22.9 Å². The van der Waals surface area contributed by atoms with Gasteiger partial charge >= 0.3 is 0 Å². The first kappa shape index (κ1) is 12.1. The SMILES string of the molecule is O=C(Nc1cc(Cl)ccc1O)c1cc2sccc2[nH]1. The lowest BCUT2D eigenvalue weighted by Gasteiger charge is -2.06. The molecule has 4 nitrogen and oxygen atoms in total. The van der Waals surface area contributed by atoms with Gasteiger partial charge in [0, 0.05) is 5.02 Å². The molecule has 2 heterocycles. The number of carbonyl (C=O) groups is 1. The maximum Gasteiger partial charge on any atom is 0.272 e. The summed E-state index contributed by atoms with van der Waals surface area (Å²) in [5, 5.41) is 14.7. The standard InChI is InChI=1S/C13H9ClN2O2S/c14-7-1-2-11(17)9(5-7)16-13(18)10-6-12-8(15-10)3-4-19-12/h1-6,15,17H,(H,16,18). The second kappa shape index (κ2) is 4.60. The highest BCUT2D eigenvalue weighted by Crippen LogP contribution is 2.27. The molecule has 0 saturated heterocycles. The molecule has 0 bridgehead atoms. The number of aromatic amines is 1. The highest BCUT2D eigenvalue weighted by atomic mass is 35.5. The molecule has 96 valence electrons. The lowest BCUT2D eigenvalue weighted by molar-refractivity contribution is 0.102. The number of nitrogens with one attached hydrogen (secondary N) is 2. The Morgan fingerprint density at radius 3 is 2.95 bits per heavy atom. The molecule has 0 fully saturated rings. The minimum Gasteiger partial charge on any atom is -0.506 e. The van der Waals surface area contributed by atoms with Crippen LogP contribution in [-0.4, -0.2) is 16.0 Å². The second-order valence-electron chi connectivity index (χ2n) is 4.00. The largest absolute Gasteiger partial charge is 0.506 e. The van der Waals surface area contributed by atoms with Gasteiger partial charge in [0.25, 0.3) is 5.91 Å².